The third kappa shape index (κ3) is 2.34. The van der Waals surface area contributed by atoms with Crippen LogP contribution in [0.4, 0.5) is 5.69 Å². The molecule has 1 amide bonds. The topological polar surface area (TPSA) is 49.6 Å². The van der Waals surface area contributed by atoms with Gasteiger partial charge in [0.05, 0.1) is 6.04 Å². The standard InChI is InChI=1S/C16H23N3O/c1-16(11-17)8-10-18(12-16)14-7-9-19(15(14)20)13-5-3-2-4-6-13/h2-6,14H,7-12,17H2,1H3. The minimum Gasteiger partial charge on any atom is -0.330 e. The highest BCUT2D eigenvalue weighted by Crippen LogP contribution is 2.33. The molecule has 2 aliphatic heterocycles. The van der Waals surface area contributed by atoms with Crippen molar-refractivity contribution in [1.29, 1.82) is 0 Å². The molecule has 0 bridgehead atoms. The summed E-state index contributed by atoms with van der Waals surface area (Å²) in [6, 6.07) is 10.0. The van der Waals surface area contributed by atoms with Crippen molar-refractivity contribution in [2.45, 2.75) is 25.8 Å². The Bertz CT molecular complexity index is 490. The first-order valence-electron chi connectivity index (χ1n) is 7.43. The molecular formula is C16H23N3O. The summed E-state index contributed by atoms with van der Waals surface area (Å²) in [5.74, 6) is 0.248. The van der Waals surface area contributed by atoms with Crippen LogP contribution in [-0.4, -0.2) is 43.0 Å². The van der Waals surface area contributed by atoms with Gasteiger partial charge in [-0.15, -0.1) is 0 Å². The van der Waals surface area contributed by atoms with Gasteiger partial charge < -0.3 is 10.6 Å². The van der Waals surface area contributed by atoms with E-state index in [0.717, 1.165) is 38.2 Å². The first kappa shape index (κ1) is 13.6. The van der Waals surface area contributed by atoms with Gasteiger partial charge >= 0.3 is 0 Å². The molecule has 2 heterocycles. The number of carbonyl (C=O) groups is 1. The first-order valence-corrected chi connectivity index (χ1v) is 7.43. The normalized spacial score (nSPS) is 31.2. The maximum Gasteiger partial charge on any atom is 0.244 e. The van der Waals surface area contributed by atoms with Gasteiger partial charge in [-0.1, -0.05) is 25.1 Å². The summed E-state index contributed by atoms with van der Waals surface area (Å²) in [7, 11) is 0. The largest absolute Gasteiger partial charge is 0.330 e. The number of likely N-dealkylation sites (tertiary alicyclic amines) is 1. The minimum absolute atomic E-state index is 0.0450. The lowest BCUT2D eigenvalue weighted by Crippen LogP contribution is -2.42. The van der Waals surface area contributed by atoms with Gasteiger partial charge in [-0.2, -0.15) is 0 Å². The minimum atomic E-state index is 0.0450. The maximum atomic E-state index is 12.6. The van der Waals surface area contributed by atoms with Crippen LogP contribution in [0.25, 0.3) is 0 Å². The zero-order valence-electron chi connectivity index (χ0n) is 12.1. The number of amides is 1. The third-order valence-corrected chi connectivity index (χ3v) is 4.77. The summed E-state index contributed by atoms with van der Waals surface area (Å²) in [5, 5.41) is 0. The monoisotopic (exact) mass is 273 g/mol. The molecule has 2 fully saturated rings. The van der Waals surface area contributed by atoms with Gasteiger partial charge in [-0.3, -0.25) is 9.69 Å². The number of hydrogen-bond donors (Lipinski definition) is 1. The lowest BCUT2D eigenvalue weighted by molar-refractivity contribution is -0.121. The van der Waals surface area contributed by atoms with Crippen molar-refractivity contribution < 1.29 is 4.79 Å². The number of para-hydroxylation sites is 1. The summed E-state index contributed by atoms with van der Waals surface area (Å²) >= 11 is 0. The van der Waals surface area contributed by atoms with Crippen molar-refractivity contribution in [2.75, 3.05) is 31.1 Å². The number of nitrogens with zero attached hydrogens (tertiary/aromatic N) is 2. The fraction of sp³-hybridized carbons (Fsp3) is 0.562. The van der Waals surface area contributed by atoms with Gasteiger partial charge in [0.1, 0.15) is 0 Å². The molecule has 20 heavy (non-hydrogen) atoms. The van der Waals surface area contributed by atoms with E-state index in [-0.39, 0.29) is 17.4 Å². The molecule has 0 spiro atoms. The molecule has 2 saturated heterocycles. The van der Waals surface area contributed by atoms with E-state index in [2.05, 4.69) is 11.8 Å². The molecule has 4 nitrogen and oxygen atoms in total. The van der Waals surface area contributed by atoms with E-state index >= 15 is 0 Å². The molecule has 108 valence electrons. The average molecular weight is 273 g/mol. The Kier molecular flexibility index (Phi) is 3.52. The lowest BCUT2D eigenvalue weighted by Gasteiger charge is -2.26. The number of rotatable bonds is 3. The molecule has 4 heteroatoms. The van der Waals surface area contributed by atoms with Crippen molar-refractivity contribution in [2.24, 2.45) is 11.1 Å². The average Bonchev–Trinajstić information content (AvgIpc) is 3.04. The van der Waals surface area contributed by atoms with E-state index in [1.54, 1.807) is 0 Å². The Morgan fingerprint density at radius 2 is 2.05 bits per heavy atom. The number of carbonyl (C=O) groups excluding carboxylic acids is 1. The summed E-state index contributed by atoms with van der Waals surface area (Å²) in [6.07, 6.45) is 2.02. The second kappa shape index (κ2) is 5.19. The molecule has 2 unspecified atom stereocenters. The molecule has 3 rings (SSSR count). The van der Waals surface area contributed by atoms with Crippen LogP contribution >= 0.6 is 0 Å². The summed E-state index contributed by atoms with van der Waals surface area (Å²) in [5.41, 5.74) is 7.06. The van der Waals surface area contributed by atoms with Gasteiger partial charge in [0.25, 0.3) is 0 Å². The molecule has 0 saturated carbocycles. The van der Waals surface area contributed by atoms with Crippen molar-refractivity contribution in [3.63, 3.8) is 0 Å². The van der Waals surface area contributed by atoms with Crippen molar-refractivity contribution in [1.82, 2.24) is 4.90 Å². The molecule has 2 N–H and O–H groups in total. The summed E-state index contributed by atoms with van der Waals surface area (Å²) < 4.78 is 0. The Labute approximate surface area is 120 Å². The van der Waals surface area contributed by atoms with Crippen molar-refractivity contribution in [3.8, 4) is 0 Å². The van der Waals surface area contributed by atoms with Crippen LogP contribution in [0.3, 0.4) is 0 Å². The first-order chi connectivity index (χ1) is 9.63. The number of anilines is 1. The van der Waals surface area contributed by atoms with Crippen LogP contribution in [0.5, 0.6) is 0 Å². The van der Waals surface area contributed by atoms with Crippen LogP contribution in [0.2, 0.25) is 0 Å². The fourth-order valence-electron chi connectivity index (χ4n) is 3.36. The van der Waals surface area contributed by atoms with Crippen LogP contribution in [0.15, 0.2) is 30.3 Å². The van der Waals surface area contributed by atoms with Crippen LogP contribution < -0.4 is 10.6 Å². The van der Waals surface area contributed by atoms with Crippen molar-refractivity contribution in [3.05, 3.63) is 30.3 Å². The predicted molar refractivity (Wildman–Crippen MR) is 80.6 cm³/mol. The van der Waals surface area contributed by atoms with Crippen LogP contribution in [0, 0.1) is 5.41 Å². The predicted octanol–water partition coefficient (Wildman–Crippen LogP) is 1.46. The summed E-state index contributed by atoms with van der Waals surface area (Å²) in [4.78, 5) is 16.9. The Balaban J connectivity index is 1.71. The molecule has 1 aromatic rings. The van der Waals surface area contributed by atoms with Crippen LogP contribution in [-0.2, 0) is 4.79 Å². The Hall–Kier alpha value is -1.39. The van der Waals surface area contributed by atoms with E-state index in [9.17, 15) is 4.79 Å². The van der Waals surface area contributed by atoms with Gasteiger partial charge in [-0.05, 0) is 43.5 Å². The molecular weight excluding hydrogens is 250 g/mol. The van der Waals surface area contributed by atoms with Crippen molar-refractivity contribution >= 4 is 11.6 Å². The molecule has 0 aliphatic carbocycles. The van der Waals surface area contributed by atoms with E-state index in [1.807, 2.05) is 35.2 Å². The molecule has 1 aromatic carbocycles. The third-order valence-electron chi connectivity index (χ3n) is 4.77. The highest BCUT2D eigenvalue weighted by molar-refractivity contribution is 5.99. The smallest absolute Gasteiger partial charge is 0.244 e. The molecule has 2 atom stereocenters. The molecule has 0 aromatic heterocycles. The number of hydrogen-bond acceptors (Lipinski definition) is 3. The Morgan fingerprint density at radius 1 is 1.30 bits per heavy atom. The highest BCUT2D eigenvalue weighted by atomic mass is 16.2. The van der Waals surface area contributed by atoms with E-state index in [0.29, 0.717) is 6.54 Å². The van der Waals surface area contributed by atoms with Gasteiger partial charge in [0.15, 0.2) is 0 Å². The van der Waals surface area contributed by atoms with E-state index < -0.39 is 0 Å². The zero-order chi connectivity index (χ0) is 14.2. The Morgan fingerprint density at radius 3 is 2.70 bits per heavy atom. The maximum absolute atomic E-state index is 12.6. The zero-order valence-corrected chi connectivity index (χ0v) is 12.1. The second-order valence-electron chi connectivity index (χ2n) is 6.37. The van der Waals surface area contributed by atoms with E-state index in [1.165, 1.54) is 0 Å². The van der Waals surface area contributed by atoms with Crippen LogP contribution in [0.1, 0.15) is 19.8 Å². The SMILES string of the molecule is CC1(CN)CCN(C2CCN(c3ccccc3)C2=O)C1. The van der Waals surface area contributed by atoms with Gasteiger partial charge in [-0.25, -0.2) is 0 Å². The summed E-state index contributed by atoms with van der Waals surface area (Å²) in [6.45, 7) is 5.69. The fourth-order valence-corrected chi connectivity index (χ4v) is 3.36. The van der Waals surface area contributed by atoms with Gasteiger partial charge in [0, 0.05) is 18.8 Å². The number of nitrogens with two attached hydrogens (primary N) is 1. The van der Waals surface area contributed by atoms with Gasteiger partial charge in [0.2, 0.25) is 5.91 Å². The quantitative estimate of drug-likeness (QED) is 0.907. The number of benzene rings is 1. The molecule has 0 radical (unpaired) electrons. The molecule has 2 aliphatic rings. The highest BCUT2D eigenvalue weighted by Gasteiger charge is 2.42. The van der Waals surface area contributed by atoms with E-state index in [4.69, 9.17) is 5.73 Å². The lowest BCUT2D eigenvalue weighted by atomic mass is 9.90. The second-order valence-corrected chi connectivity index (χ2v) is 6.37.